The highest BCUT2D eigenvalue weighted by Crippen LogP contribution is 2.21. The van der Waals surface area contributed by atoms with Crippen molar-refractivity contribution < 1.29 is 9.21 Å². The fourth-order valence-corrected chi connectivity index (χ4v) is 3.01. The molecule has 0 bridgehead atoms. The molecule has 1 N–H and O–H groups in total. The average molecular weight is 376 g/mol. The molecule has 0 aliphatic rings. The summed E-state index contributed by atoms with van der Waals surface area (Å²) in [5, 5.41) is 12.2. The van der Waals surface area contributed by atoms with Crippen LogP contribution in [0.5, 0.6) is 0 Å². The van der Waals surface area contributed by atoms with E-state index >= 15 is 0 Å². The predicted molar refractivity (Wildman–Crippen MR) is 98.3 cm³/mol. The van der Waals surface area contributed by atoms with Gasteiger partial charge in [-0.15, -0.1) is 0 Å². The summed E-state index contributed by atoms with van der Waals surface area (Å²) < 4.78 is 9.31. The van der Waals surface area contributed by atoms with Gasteiger partial charge in [0.25, 0.3) is 5.91 Å². The van der Waals surface area contributed by atoms with Crippen molar-refractivity contribution in [1.29, 1.82) is 0 Å². The number of rotatable bonds is 6. The Labute approximate surface area is 156 Å². The van der Waals surface area contributed by atoms with Crippen LogP contribution in [0.1, 0.15) is 53.3 Å². The van der Waals surface area contributed by atoms with Gasteiger partial charge in [0, 0.05) is 12.7 Å². The summed E-state index contributed by atoms with van der Waals surface area (Å²) in [5.74, 6) is 0.643. The van der Waals surface area contributed by atoms with E-state index in [1.807, 2.05) is 38.4 Å². The molecule has 3 aromatic heterocycles. The van der Waals surface area contributed by atoms with Crippen molar-refractivity contribution in [1.82, 2.24) is 24.9 Å². The molecule has 0 aliphatic heterocycles. The van der Waals surface area contributed by atoms with E-state index in [0.29, 0.717) is 17.3 Å². The molecule has 3 rings (SSSR count). The SMILES string of the molecule is CCn1nccc1C(C)NC(=O)c1ccc(Cn2nc(C)c(Cl)c2C)o1. The van der Waals surface area contributed by atoms with E-state index in [1.165, 1.54) is 0 Å². The second kappa shape index (κ2) is 7.37. The summed E-state index contributed by atoms with van der Waals surface area (Å²) in [6, 6.07) is 5.17. The number of furan rings is 1. The van der Waals surface area contributed by atoms with Gasteiger partial charge in [0.2, 0.25) is 0 Å². The Bertz CT molecular complexity index is 924. The number of halogens is 1. The topological polar surface area (TPSA) is 77.9 Å². The fourth-order valence-electron chi connectivity index (χ4n) is 2.88. The van der Waals surface area contributed by atoms with Gasteiger partial charge in [-0.05, 0) is 45.9 Å². The molecule has 1 amide bonds. The molecule has 26 heavy (non-hydrogen) atoms. The molecule has 138 valence electrons. The smallest absolute Gasteiger partial charge is 0.287 e. The van der Waals surface area contributed by atoms with Crippen LogP contribution in [0.25, 0.3) is 0 Å². The Kier molecular flexibility index (Phi) is 5.18. The average Bonchev–Trinajstić information content (AvgIpc) is 3.32. The van der Waals surface area contributed by atoms with E-state index in [9.17, 15) is 4.79 Å². The lowest BCUT2D eigenvalue weighted by molar-refractivity contribution is 0.0908. The molecule has 0 radical (unpaired) electrons. The number of aromatic nitrogens is 4. The summed E-state index contributed by atoms with van der Waals surface area (Å²) in [5.41, 5.74) is 2.59. The number of nitrogens with one attached hydrogen (secondary N) is 1. The van der Waals surface area contributed by atoms with E-state index in [2.05, 4.69) is 15.5 Å². The van der Waals surface area contributed by atoms with Gasteiger partial charge in [0.1, 0.15) is 5.76 Å². The molecule has 8 heteroatoms. The van der Waals surface area contributed by atoms with E-state index in [0.717, 1.165) is 23.6 Å². The highest BCUT2D eigenvalue weighted by atomic mass is 35.5. The van der Waals surface area contributed by atoms with Crippen molar-refractivity contribution in [3.8, 4) is 0 Å². The number of amides is 1. The summed E-state index contributed by atoms with van der Waals surface area (Å²) in [7, 11) is 0. The highest BCUT2D eigenvalue weighted by Gasteiger charge is 2.18. The van der Waals surface area contributed by atoms with Crippen molar-refractivity contribution in [3.63, 3.8) is 0 Å². The van der Waals surface area contributed by atoms with Crippen LogP contribution in [0.15, 0.2) is 28.8 Å². The zero-order chi connectivity index (χ0) is 18.8. The summed E-state index contributed by atoms with van der Waals surface area (Å²) >= 11 is 6.17. The lowest BCUT2D eigenvalue weighted by atomic mass is 10.2. The summed E-state index contributed by atoms with van der Waals surface area (Å²) in [6.45, 7) is 8.86. The second-order valence-corrected chi connectivity index (χ2v) is 6.55. The third-order valence-electron chi connectivity index (χ3n) is 4.32. The summed E-state index contributed by atoms with van der Waals surface area (Å²) in [4.78, 5) is 12.5. The Morgan fingerprint density at radius 1 is 1.31 bits per heavy atom. The Morgan fingerprint density at radius 3 is 2.73 bits per heavy atom. The molecule has 3 aromatic rings. The quantitative estimate of drug-likeness (QED) is 0.715. The van der Waals surface area contributed by atoms with Gasteiger partial charge in [0.05, 0.1) is 34.7 Å². The molecule has 0 aliphatic carbocycles. The molecule has 3 heterocycles. The number of hydrogen-bond donors (Lipinski definition) is 1. The van der Waals surface area contributed by atoms with Gasteiger partial charge < -0.3 is 9.73 Å². The van der Waals surface area contributed by atoms with E-state index in [1.54, 1.807) is 23.0 Å². The molecular formula is C18H22ClN5O2. The Hall–Kier alpha value is -2.54. The minimum atomic E-state index is -0.265. The third kappa shape index (κ3) is 3.53. The normalized spacial score (nSPS) is 12.3. The van der Waals surface area contributed by atoms with E-state index in [-0.39, 0.29) is 17.7 Å². The maximum atomic E-state index is 12.5. The first kappa shape index (κ1) is 18.3. The van der Waals surface area contributed by atoms with Crippen LogP contribution in [0.4, 0.5) is 0 Å². The predicted octanol–water partition coefficient (Wildman–Crippen LogP) is 3.50. The van der Waals surface area contributed by atoms with Gasteiger partial charge >= 0.3 is 0 Å². The molecule has 0 fully saturated rings. The first-order chi connectivity index (χ1) is 12.4. The monoisotopic (exact) mass is 375 g/mol. The van der Waals surface area contributed by atoms with Crippen LogP contribution in [-0.2, 0) is 13.1 Å². The van der Waals surface area contributed by atoms with Gasteiger partial charge in [-0.2, -0.15) is 10.2 Å². The molecule has 0 aromatic carbocycles. The van der Waals surface area contributed by atoms with Crippen molar-refractivity contribution in [2.24, 2.45) is 0 Å². The maximum absolute atomic E-state index is 12.5. The molecule has 1 unspecified atom stereocenters. The van der Waals surface area contributed by atoms with Gasteiger partial charge in [0.15, 0.2) is 5.76 Å². The molecular weight excluding hydrogens is 354 g/mol. The van der Waals surface area contributed by atoms with Crippen LogP contribution >= 0.6 is 11.6 Å². The standard InChI is InChI=1S/C18H22ClN5O2/c1-5-23-15(8-9-20-23)11(2)21-18(25)16-7-6-14(26-16)10-24-13(4)17(19)12(3)22-24/h6-9,11H,5,10H2,1-4H3,(H,21,25). The van der Waals surface area contributed by atoms with Crippen molar-refractivity contribution in [2.75, 3.05) is 0 Å². The lowest BCUT2D eigenvalue weighted by Gasteiger charge is -2.14. The number of aryl methyl sites for hydroxylation is 2. The van der Waals surface area contributed by atoms with Crippen LogP contribution in [0.2, 0.25) is 5.02 Å². The van der Waals surface area contributed by atoms with Crippen molar-refractivity contribution >= 4 is 17.5 Å². The molecule has 0 spiro atoms. The number of hydrogen-bond acceptors (Lipinski definition) is 4. The van der Waals surface area contributed by atoms with E-state index in [4.69, 9.17) is 16.0 Å². The van der Waals surface area contributed by atoms with Crippen LogP contribution < -0.4 is 5.32 Å². The number of carbonyl (C=O) groups is 1. The number of nitrogens with zero attached hydrogens (tertiary/aromatic N) is 4. The first-order valence-electron chi connectivity index (χ1n) is 8.51. The zero-order valence-electron chi connectivity index (χ0n) is 15.3. The van der Waals surface area contributed by atoms with Crippen LogP contribution in [-0.4, -0.2) is 25.5 Å². The minimum Gasteiger partial charge on any atom is -0.454 e. The molecule has 0 saturated carbocycles. The lowest BCUT2D eigenvalue weighted by Crippen LogP contribution is -2.28. The van der Waals surface area contributed by atoms with Gasteiger partial charge in [-0.3, -0.25) is 14.2 Å². The highest BCUT2D eigenvalue weighted by molar-refractivity contribution is 6.31. The number of carbonyl (C=O) groups excluding carboxylic acids is 1. The molecule has 1 atom stereocenters. The van der Waals surface area contributed by atoms with Crippen molar-refractivity contribution in [2.45, 2.75) is 46.8 Å². The zero-order valence-corrected chi connectivity index (χ0v) is 16.0. The molecule has 7 nitrogen and oxygen atoms in total. The summed E-state index contributed by atoms with van der Waals surface area (Å²) in [6.07, 6.45) is 1.73. The Morgan fingerprint density at radius 2 is 2.08 bits per heavy atom. The van der Waals surface area contributed by atoms with E-state index < -0.39 is 0 Å². The minimum absolute atomic E-state index is 0.173. The maximum Gasteiger partial charge on any atom is 0.287 e. The third-order valence-corrected chi connectivity index (χ3v) is 4.87. The first-order valence-corrected chi connectivity index (χ1v) is 8.89. The largest absolute Gasteiger partial charge is 0.454 e. The van der Waals surface area contributed by atoms with Gasteiger partial charge in [-0.1, -0.05) is 11.6 Å². The molecule has 0 saturated heterocycles. The van der Waals surface area contributed by atoms with Crippen LogP contribution in [0, 0.1) is 13.8 Å². The van der Waals surface area contributed by atoms with Crippen molar-refractivity contribution in [3.05, 3.63) is 58.0 Å². The Balaban J connectivity index is 1.69. The second-order valence-electron chi connectivity index (χ2n) is 6.18. The van der Waals surface area contributed by atoms with Gasteiger partial charge in [-0.25, -0.2) is 0 Å². The fraction of sp³-hybridized carbons (Fsp3) is 0.389. The van der Waals surface area contributed by atoms with Crippen LogP contribution in [0.3, 0.4) is 0 Å².